The van der Waals surface area contributed by atoms with Gasteiger partial charge in [0.2, 0.25) is 0 Å². The lowest BCUT2D eigenvalue weighted by Gasteiger charge is -2.17. The highest BCUT2D eigenvalue weighted by molar-refractivity contribution is 5.95. The molecular weight excluding hydrogens is 402 g/mol. The Balaban J connectivity index is 1.60. The number of hydrogen-bond acceptors (Lipinski definition) is 5. The molecule has 166 valence electrons. The summed E-state index contributed by atoms with van der Waals surface area (Å²) in [6.07, 6.45) is 3.50. The zero-order valence-electron chi connectivity index (χ0n) is 18.9. The van der Waals surface area contributed by atoms with Gasteiger partial charge in [-0.1, -0.05) is 43.7 Å². The monoisotopic (exact) mass is 431 g/mol. The van der Waals surface area contributed by atoms with E-state index in [1.807, 2.05) is 6.07 Å². The quantitative estimate of drug-likeness (QED) is 0.488. The van der Waals surface area contributed by atoms with Crippen LogP contribution < -0.4 is 5.43 Å². The zero-order valence-corrected chi connectivity index (χ0v) is 18.9. The number of fused-ring (bicyclic) bond motifs is 2. The van der Waals surface area contributed by atoms with Crippen LogP contribution in [0.1, 0.15) is 53.1 Å². The Morgan fingerprint density at radius 3 is 2.69 bits per heavy atom. The van der Waals surface area contributed by atoms with Crippen molar-refractivity contribution in [3.63, 3.8) is 0 Å². The van der Waals surface area contributed by atoms with Crippen molar-refractivity contribution in [2.24, 2.45) is 0 Å². The molecule has 1 aliphatic carbocycles. The summed E-state index contributed by atoms with van der Waals surface area (Å²) in [5.41, 5.74) is 4.80. The van der Waals surface area contributed by atoms with Gasteiger partial charge in [0.15, 0.2) is 5.43 Å². The van der Waals surface area contributed by atoms with Gasteiger partial charge in [-0.05, 0) is 68.3 Å². The van der Waals surface area contributed by atoms with Crippen LogP contribution in [-0.2, 0) is 11.2 Å². The molecule has 0 unspecified atom stereocenters. The maximum Gasteiger partial charge on any atom is 0.338 e. The summed E-state index contributed by atoms with van der Waals surface area (Å²) in [5, 5.41) is 0.429. The summed E-state index contributed by atoms with van der Waals surface area (Å²) in [4.78, 5) is 27.9. The summed E-state index contributed by atoms with van der Waals surface area (Å²) in [6, 6.07) is 13.2. The van der Waals surface area contributed by atoms with Crippen LogP contribution in [0.4, 0.5) is 0 Å². The van der Waals surface area contributed by atoms with E-state index in [4.69, 9.17) is 9.15 Å². The van der Waals surface area contributed by atoms with Crippen LogP contribution in [-0.4, -0.2) is 37.1 Å². The number of hydrogen-bond donors (Lipinski definition) is 0. The molecule has 32 heavy (non-hydrogen) atoms. The lowest BCUT2D eigenvalue weighted by atomic mass is 10.1. The Labute approximate surface area is 188 Å². The first-order chi connectivity index (χ1) is 15.5. The molecule has 4 rings (SSSR count). The molecule has 0 atom stereocenters. The van der Waals surface area contributed by atoms with Crippen LogP contribution in [0.3, 0.4) is 0 Å². The third kappa shape index (κ3) is 4.53. The second kappa shape index (κ2) is 9.53. The van der Waals surface area contributed by atoms with E-state index in [1.54, 1.807) is 18.2 Å². The molecule has 5 heteroatoms. The standard InChI is InChI=1S/C27H29NO4/c1-4-28(5-2)13-14-31-27(30)21-10-12-24-23(17-21)25(29)22-11-9-20(26(22)32-24)16-19-8-6-7-18(3)15-19/h6-8,10,12,15-17H,4-5,9,11,13-14H2,1-3H3. The van der Waals surface area contributed by atoms with Crippen LogP contribution >= 0.6 is 0 Å². The smallest absolute Gasteiger partial charge is 0.338 e. The summed E-state index contributed by atoms with van der Waals surface area (Å²) in [6.45, 7) is 9.06. The Kier molecular flexibility index (Phi) is 6.56. The van der Waals surface area contributed by atoms with Crippen LogP contribution in [0.5, 0.6) is 0 Å². The fraction of sp³-hybridized carbons (Fsp3) is 0.333. The number of benzene rings is 2. The van der Waals surface area contributed by atoms with Crippen LogP contribution in [0.25, 0.3) is 22.6 Å². The predicted octanol–water partition coefficient (Wildman–Crippen LogP) is 5.09. The SMILES string of the molecule is CCN(CC)CCOC(=O)c1ccc2oc3c(c(=O)c2c1)CCC3=Cc1cccc(C)c1. The van der Waals surface area contributed by atoms with Gasteiger partial charge in [0.05, 0.1) is 10.9 Å². The summed E-state index contributed by atoms with van der Waals surface area (Å²) in [5.74, 6) is 0.248. The Morgan fingerprint density at radius 1 is 1.12 bits per heavy atom. The van der Waals surface area contributed by atoms with E-state index >= 15 is 0 Å². The van der Waals surface area contributed by atoms with Crippen molar-refractivity contribution in [1.82, 2.24) is 4.90 Å². The molecule has 0 N–H and O–H groups in total. The molecular formula is C27H29NO4. The number of carbonyl (C=O) groups excluding carboxylic acids is 1. The molecule has 0 saturated carbocycles. The van der Waals surface area contributed by atoms with E-state index in [-0.39, 0.29) is 5.43 Å². The molecule has 0 fully saturated rings. The number of ether oxygens (including phenoxy) is 1. The Bertz CT molecular complexity index is 1230. The van der Waals surface area contributed by atoms with E-state index in [1.165, 1.54) is 5.56 Å². The van der Waals surface area contributed by atoms with E-state index in [2.05, 4.69) is 49.9 Å². The number of nitrogens with zero attached hydrogens (tertiary/aromatic N) is 1. The molecule has 1 aliphatic rings. The van der Waals surface area contributed by atoms with Gasteiger partial charge in [-0.25, -0.2) is 4.79 Å². The second-order valence-electron chi connectivity index (χ2n) is 8.20. The molecule has 2 aromatic carbocycles. The third-order valence-corrected chi connectivity index (χ3v) is 6.07. The van der Waals surface area contributed by atoms with Crippen LogP contribution in [0.15, 0.2) is 51.7 Å². The highest BCUT2D eigenvalue weighted by Crippen LogP contribution is 2.34. The van der Waals surface area contributed by atoms with Crippen molar-refractivity contribution >= 4 is 28.6 Å². The van der Waals surface area contributed by atoms with Crippen molar-refractivity contribution in [2.75, 3.05) is 26.2 Å². The fourth-order valence-electron chi connectivity index (χ4n) is 4.21. The van der Waals surface area contributed by atoms with Gasteiger partial charge < -0.3 is 14.1 Å². The minimum absolute atomic E-state index is 0.0633. The minimum atomic E-state index is -0.418. The molecule has 1 aromatic heterocycles. The molecule has 3 aromatic rings. The second-order valence-corrected chi connectivity index (χ2v) is 8.20. The first kappa shape index (κ1) is 22.0. The van der Waals surface area contributed by atoms with Crippen molar-refractivity contribution in [2.45, 2.75) is 33.6 Å². The highest BCUT2D eigenvalue weighted by atomic mass is 16.5. The molecule has 1 heterocycles. The fourth-order valence-corrected chi connectivity index (χ4v) is 4.21. The van der Waals surface area contributed by atoms with Gasteiger partial charge in [0.25, 0.3) is 0 Å². The molecule has 5 nitrogen and oxygen atoms in total. The van der Waals surface area contributed by atoms with Crippen LogP contribution in [0, 0.1) is 6.92 Å². The molecule has 0 radical (unpaired) electrons. The number of rotatable bonds is 7. The predicted molar refractivity (Wildman–Crippen MR) is 128 cm³/mol. The lowest BCUT2D eigenvalue weighted by molar-refractivity contribution is 0.0466. The van der Waals surface area contributed by atoms with E-state index in [0.717, 1.165) is 30.6 Å². The number of esters is 1. The zero-order chi connectivity index (χ0) is 22.7. The van der Waals surface area contributed by atoms with Gasteiger partial charge in [0, 0.05) is 12.1 Å². The van der Waals surface area contributed by atoms with E-state index in [0.29, 0.717) is 47.4 Å². The van der Waals surface area contributed by atoms with Gasteiger partial charge >= 0.3 is 5.97 Å². The largest absolute Gasteiger partial charge is 0.461 e. The molecule has 0 bridgehead atoms. The Morgan fingerprint density at radius 2 is 1.94 bits per heavy atom. The number of allylic oxidation sites excluding steroid dienone is 1. The van der Waals surface area contributed by atoms with Crippen molar-refractivity contribution < 1.29 is 13.9 Å². The third-order valence-electron chi connectivity index (χ3n) is 6.07. The lowest BCUT2D eigenvalue weighted by Crippen LogP contribution is -2.27. The first-order valence-electron chi connectivity index (χ1n) is 11.3. The van der Waals surface area contributed by atoms with Gasteiger partial charge in [0.1, 0.15) is 18.0 Å². The number of aryl methyl sites for hydroxylation is 1. The van der Waals surface area contributed by atoms with E-state index < -0.39 is 5.97 Å². The average Bonchev–Trinajstić information content (AvgIpc) is 3.19. The normalized spacial score (nSPS) is 14.3. The topological polar surface area (TPSA) is 59.8 Å². The first-order valence-corrected chi connectivity index (χ1v) is 11.3. The van der Waals surface area contributed by atoms with Crippen molar-refractivity contribution in [3.8, 4) is 0 Å². The molecule has 0 saturated heterocycles. The molecule has 0 amide bonds. The number of carbonyl (C=O) groups is 1. The van der Waals surface area contributed by atoms with Gasteiger partial charge in [-0.2, -0.15) is 0 Å². The van der Waals surface area contributed by atoms with Gasteiger partial charge in [-0.15, -0.1) is 0 Å². The van der Waals surface area contributed by atoms with Crippen molar-refractivity contribution in [1.29, 1.82) is 0 Å². The minimum Gasteiger partial charge on any atom is -0.461 e. The van der Waals surface area contributed by atoms with Crippen molar-refractivity contribution in [3.05, 3.63) is 80.7 Å². The van der Waals surface area contributed by atoms with E-state index in [9.17, 15) is 9.59 Å². The summed E-state index contributed by atoms with van der Waals surface area (Å²) in [7, 11) is 0. The average molecular weight is 432 g/mol. The maximum absolute atomic E-state index is 13.2. The molecule has 0 spiro atoms. The highest BCUT2D eigenvalue weighted by Gasteiger charge is 2.24. The molecule has 0 aliphatic heterocycles. The maximum atomic E-state index is 13.2. The Hall–Kier alpha value is -3.18. The summed E-state index contributed by atoms with van der Waals surface area (Å²) < 4.78 is 11.6. The number of likely N-dealkylation sites (N-methyl/N-ethyl adjacent to an activating group) is 1. The van der Waals surface area contributed by atoms with Gasteiger partial charge in [-0.3, -0.25) is 4.79 Å². The summed E-state index contributed by atoms with van der Waals surface area (Å²) >= 11 is 0. The van der Waals surface area contributed by atoms with Crippen LogP contribution in [0.2, 0.25) is 0 Å².